The quantitative estimate of drug-likeness (QED) is 0.144. The van der Waals surface area contributed by atoms with Crippen LogP contribution in [-0.4, -0.2) is 29.9 Å². The largest absolute Gasteiger partial charge is 0.218 e. The van der Waals surface area contributed by atoms with Gasteiger partial charge >= 0.3 is 0 Å². The summed E-state index contributed by atoms with van der Waals surface area (Å²) in [5, 5.41) is 15.6. The van der Waals surface area contributed by atoms with Crippen molar-refractivity contribution in [2.45, 2.75) is 66.2 Å². The molecule has 2 aromatic heterocycles. The maximum Gasteiger partial charge on any atom is 0.137 e. The average Bonchev–Trinajstić information content (AvgIpc) is 3.29. The third kappa shape index (κ3) is 7.00. The smallest absolute Gasteiger partial charge is 0.137 e. The molecule has 0 aliphatic carbocycles. The summed E-state index contributed by atoms with van der Waals surface area (Å²) < 4.78 is 0. The Morgan fingerprint density at radius 1 is 0.293 bits per heavy atom. The monoisotopic (exact) mass is 754 g/mol. The molecule has 6 heteroatoms. The van der Waals surface area contributed by atoms with Crippen LogP contribution in [0.25, 0.3) is 64.6 Å². The van der Waals surface area contributed by atoms with E-state index in [9.17, 15) is 0 Å². The summed E-state index contributed by atoms with van der Waals surface area (Å²) in [6.07, 6.45) is 4.74. The Hall–Kier alpha value is -6.66. The van der Waals surface area contributed by atoms with Gasteiger partial charge in [0, 0.05) is 38.5 Å². The lowest BCUT2D eigenvalue weighted by atomic mass is 9.91. The maximum atomic E-state index is 4.72. The lowest BCUT2D eigenvalue weighted by Gasteiger charge is -2.14. The second-order valence-corrected chi connectivity index (χ2v) is 14.8. The maximum absolute atomic E-state index is 4.72. The van der Waals surface area contributed by atoms with E-state index in [0.29, 0.717) is 6.42 Å². The number of hydrogen-bond acceptors (Lipinski definition) is 6. The number of nitrogens with zero attached hydrogens (tertiary/aromatic N) is 6. The molecule has 2 heterocycles. The van der Waals surface area contributed by atoms with Crippen LogP contribution < -0.4 is 0 Å². The van der Waals surface area contributed by atoms with E-state index >= 15 is 0 Å². The van der Waals surface area contributed by atoms with E-state index in [1.165, 1.54) is 75.8 Å². The zero-order valence-electron chi connectivity index (χ0n) is 33.6. The molecule has 0 aliphatic rings. The van der Waals surface area contributed by atoms with Crippen molar-refractivity contribution in [1.82, 2.24) is 29.9 Å². The first-order chi connectivity index (χ1) is 28.5. The highest BCUT2D eigenvalue weighted by molar-refractivity contribution is 6.26. The van der Waals surface area contributed by atoms with E-state index in [0.717, 1.165) is 67.1 Å². The Morgan fingerprint density at radius 2 is 0.621 bits per heavy atom. The van der Waals surface area contributed by atoms with Crippen LogP contribution in [-0.2, 0) is 38.5 Å². The van der Waals surface area contributed by atoms with Gasteiger partial charge in [-0.15, -0.1) is 0 Å². The van der Waals surface area contributed by atoms with Crippen LogP contribution in [0.15, 0.2) is 133 Å². The molecule has 0 spiro atoms. The first-order valence-corrected chi connectivity index (χ1v) is 20.6. The van der Waals surface area contributed by atoms with Crippen molar-refractivity contribution in [2.75, 3.05) is 0 Å². The minimum atomic E-state index is 0.711. The Kier molecular flexibility index (Phi) is 10.2. The fourth-order valence-electron chi connectivity index (χ4n) is 8.43. The van der Waals surface area contributed by atoms with Crippen molar-refractivity contribution in [3.05, 3.63) is 180 Å². The summed E-state index contributed by atoms with van der Waals surface area (Å²) in [6, 6.07) is 48.1. The lowest BCUT2D eigenvalue weighted by molar-refractivity contribution is 0.779. The van der Waals surface area contributed by atoms with Crippen LogP contribution >= 0.6 is 0 Å². The predicted octanol–water partition coefficient (Wildman–Crippen LogP) is 12.1. The number of fused-ring (bicyclic) bond motifs is 12. The molecule has 284 valence electrons. The SMILES string of the molecule is CCc1nc(CC)nc(Cc2ccc3c4ccccc4c4ccccc4c3c2)n1.CCc1nc(CC)nc(Cc2cccc3c4ccccc4c4ccccc4c23)n1. The number of aryl methyl sites for hydroxylation is 4. The van der Waals surface area contributed by atoms with Crippen LogP contribution in [0.3, 0.4) is 0 Å². The van der Waals surface area contributed by atoms with E-state index in [1.54, 1.807) is 0 Å². The molecule has 0 radical (unpaired) electrons. The Bertz CT molecular complexity index is 2950. The minimum absolute atomic E-state index is 0.711. The van der Waals surface area contributed by atoms with Gasteiger partial charge in [-0.05, 0) is 75.8 Å². The average molecular weight is 755 g/mol. The van der Waals surface area contributed by atoms with Gasteiger partial charge in [-0.3, -0.25) is 0 Å². The molecule has 6 nitrogen and oxygen atoms in total. The summed E-state index contributed by atoms with van der Waals surface area (Å²) in [7, 11) is 0. The van der Waals surface area contributed by atoms with Crippen LogP contribution in [0.2, 0.25) is 0 Å². The summed E-state index contributed by atoms with van der Waals surface area (Å²) >= 11 is 0. The van der Waals surface area contributed by atoms with Gasteiger partial charge in [0.05, 0.1) is 0 Å². The van der Waals surface area contributed by atoms with Crippen LogP contribution in [0.5, 0.6) is 0 Å². The van der Waals surface area contributed by atoms with Crippen molar-refractivity contribution >= 4 is 64.6 Å². The molecular formula is C52H46N6. The normalized spacial score (nSPS) is 11.5. The Balaban J connectivity index is 0.000000150. The van der Waals surface area contributed by atoms with Gasteiger partial charge < -0.3 is 0 Å². The number of hydrogen-bond donors (Lipinski definition) is 0. The zero-order valence-corrected chi connectivity index (χ0v) is 33.6. The number of aromatic nitrogens is 6. The molecule has 10 rings (SSSR count). The first kappa shape index (κ1) is 36.9. The van der Waals surface area contributed by atoms with E-state index in [2.05, 4.69) is 181 Å². The summed E-state index contributed by atoms with van der Waals surface area (Å²) in [6.45, 7) is 8.36. The van der Waals surface area contributed by atoms with Gasteiger partial charge in [0.25, 0.3) is 0 Å². The molecule has 0 N–H and O–H groups in total. The van der Waals surface area contributed by atoms with Crippen molar-refractivity contribution < 1.29 is 0 Å². The van der Waals surface area contributed by atoms with E-state index < -0.39 is 0 Å². The highest BCUT2D eigenvalue weighted by Crippen LogP contribution is 2.38. The molecule has 0 aliphatic heterocycles. The van der Waals surface area contributed by atoms with Crippen molar-refractivity contribution in [2.24, 2.45) is 0 Å². The third-order valence-electron chi connectivity index (χ3n) is 11.2. The molecule has 0 bridgehead atoms. The molecule has 0 amide bonds. The molecule has 0 saturated carbocycles. The van der Waals surface area contributed by atoms with Gasteiger partial charge in [0.15, 0.2) is 0 Å². The summed E-state index contributed by atoms with van der Waals surface area (Å²) in [4.78, 5) is 27.8. The van der Waals surface area contributed by atoms with Crippen molar-refractivity contribution in [3.63, 3.8) is 0 Å². The molecule has 0 unspecified atom stereocenters. The minimum Gasteiger partial charge on any atom is -0.218 e. The van der Waals surface area contributed by atoms with Crippen LogP contribution in [0.1, 0.15) is 73.8 Å². The molecule has 10 aromatic rings. The molecular weight excluding hydrogens is 709 g/mol. The Morgan fingerprint density at radius 3 is 1.05 bits per heavy atom. The zero-order chi connectivity index (χ0) is 39.6. The molecule has 0 saturated heterocycles. The van der Waals surface area contributed by atoms with Gasteiger partial charge in [0.1, 0.15) is 34.9 Å². The molecule has 8 aromatic carbocycles. The second-order valence-electron chi connectivity index (χ2n) is 14.8. The topological polar surface area (TPSA) is 77.3 Å². The summed E-state index contributed by atoms with van der Waals surface area (Å²) in [5.74, 6) is 5.23. The molecule has 0 atom stereocenters. The predicted molar refractivity (Wildman–Crippen MR) is 241 cm³/mol. The number of rotatable bonds is 8. The first-order valence-electron chi connectivity index (χ1n) is 20.6. The fourth-order valence-corrected chi connectivity index (χ4v) is 8.43. The van der Waals surface area contributed by atoms with Crippen LogP contribution in [0.4, 0.5) is 0 Å². The highest BCUT2D eigenvalue weighted by Gasteiger charge is 2.14. The molecule has 0 fully saturated rings. The van der Waals surface area contributed by atoms with Crippen LogP contribution in [0, 0.1) is 0 Å². The standard InChI is InChI=1S/2C26H23N3/c1-3-23-27-24(4-2)29-25(28-23)16-17-10-9-15-22-20-12-6-5-11-18(20)19-13-7-8-14-21(19)26(17)22;1-3-24-27-25(4-2)29-26(28-24)16-17-13-14-22-20-11-6-5-9-18(20)19-10-7-8-12-21(19)23(22)15-17/h2*5-15H,3-4,16H2,1-2H3. The third-order valence-corrected chi connectivity index (χ3v) is 11.2. The number of benzene rings is 8. The molecule has 58 heavy (non-hydrogen) atoms. The van der Waals surface area contributed by atoms with Gasteiger partial charge in [-0.2, -0.15) is 0 Å². The van der Waals surface area contributed by atoms with E-state index in [-0.39, 0.29) is 0 Å². The lowest BCUT2D eigenvalue weighted by Crippen LogP contribution is -2.07. The second kappa shape index (κ2) is 16.1. The Labute approximate surface area is 339 Å². The van der Waals surface area contributed by atoms with E-state index in [4.69, 9.17) is 9.97 Å². The van der Waals surface area contributed by atoms with Gasteiger partial charge in [-0.1, -0.05) is 161 Å². The van der Waals surface area contributed by atoms with Gasteiger partial charge in [0.2, 0.25) is 0 Å². The summed E-state index contributed by atoms with van der Waals surface area (Å²) in [5.41, 5.74) is 2.49. The highest BCUT2D eigenvalue weighted by atomic mass is 15.0. The van der Waals surface area contributed by atoms with E-state index in [1.807, 2.05) is 0 Å². The van der Waals surface area contributed by atoms with Crippen molar-refractivity contribution in [1.29, 1.82) is 0 Å². The van der Waals surface area contributed by atoms with Crippen molar-refractivity contribution in [3.8, 4) is 0 Å². The fraction of sp³-hybridized carbons (Fsp3) is 0.192. The van der Waals surface area contributed by atoms with Gasteiger partial charge in [-0.25, -0.2) is 29.9 Å².